The molecule has 4 heteroatoms. The summed E-state index contributed by atoms with van der Waals surface area (Å²) in [5.41, 5.74) is 7.38. The Bertz CT molecular complexity index is 566. The van der Waals surface area contributed by atoms with Crippen LogP contribution in [0.15, 0.2) is 41.8 Å². The van der Waals surface area contributed by atoms with Crippen LogP contribution in [-0.2, 0) is 6.42 Å². The molecule has 1 aromatic heterocycles. The van der Waals surface area contributed by atoms with E-state index in [-0.39, 0.29) is 11.9 Å². The van der Waals surface area contributed by atoms with Crippen LogP contribution in [0.4, 0.5) is 0 Å². The fraction of sp³-hybridized carbons (Fsp3) is 0.353. The Morgan fingerprint density at radius 1 is 1.29 bits per heavy atom. The molecule has 0 radical (unpaired) electrons. The molecular weight excluding hydrogens is 280 g/mol. The van der Waals surface area contributed by atoms with Crippen LogP contribution < -0.4 is 11.1 Å². The van der Waals surface area contributed by atoms with E-state index in [1.807, 2.05) is 35.7 Å². The molecular formula is C17H22N2OS. The standard InChI is InChI=1S/C17H22N2OS/c1-2-6-15(16-9-5-12-21-16)19-17(20)14-8-4-3-7-13(14)10-11-18/h3-5,7-9,12,15H,2,6,10-11,18H2,1H3,(H,19,20). The van der Waals surface area contributed by atoms with Gasteiger partial charge in [-0.05, 0) is 42.5 Å². The Morgan fingerprint density at radius 3 is 2.76 bits per heavy atom. The minimum absolute atomic E-state index is 0.00843. The number of nitrogens with two attached hydrogens (primary N) is 1. The van der Waals surface area contributed by atoms with Crippen molar-refractivity contribution in [2.24, 2.45) is 5.73 Å². The minimum Gasteiger partial charge on any atom is -0.344 e. The molecule has 0 saturated heterocycles. The maximum Gasteiger partial charge on any atom is 0.252 e. The van der Waals surface area contributed by atoms with E-state index in [4.69, 9.17) is 5.73 Å². The van der Waals surface area contributed by atoms with Crippen LogP contribution in [0.3, 0.4) is 0 Å². The van der Waals surface area contributed by atoms with Crippen LogP contribution in [0.5, 0.6) is 0 Å². The highest BCUT2D eigenvalue weighted by molar-refractivity contribution is 7.10. The van der Waals surface area contributed by atoms with Crippen LogP contribution in [0, 0.1) is 0 Å². The Morgan fingerprint density at radius 2 is 2.10 bits per heavy atom. The minimum atomic E-state index is -0.00843. The lowest BCUT2D eigenvalue weighted by Crippen LogP contribution is -2.29. The quantitative estimate of drug-likeness (QED) is 0.822. The van der Waals surface area contributed by atoms with Gasteiger partial charge in [-0.2, -0.15) is 0 Å². The van der Waals surface area contributed by atoms with Gasteiger partial charge in [-0.1, -0.05) is 37.6 Å². The summed E-state index contributed by atoms with van der Waals surface area (Å²) in [6.07, 6.45) is 2.71. The molecule has 2 rings (SSSR count). The van der Waals surface area contributed by atoms with Crippen molar-refractivity contribution in [1.82, 2.24) is 5.32 Å². The molecule has 1 atom stereocenters. The lowest BCUT2D eigenvalue weighted by atomic mass is 10.0. The van der Waals surface area contributed by atoms with Crippen molar-refractivity contribution in [3.63, 3.8) is 0 Å². The van der Waals surface area contributed by atoms with Crippen molar-refractivity contribution in [3.8, 4) is 0 Å². The molecule has 112 valence electrons. The van der Waals surface area contributed by atoms with Crippen LogP contribution in [0.1, 0.15) is 46.6 Å². The molecule has 0 spiro atoms. The summed E-state index contributed by atoms with van der Waals surface area (Å²) in [6, 6.07) is 11.9. The topological polar surface area (TPSA) is 55.1 Å². The zero-order valence-corrected chi connectivity index (χ0v) is 13.2. The summed E-state index contributed by atoms with van der Waals surface area (Å²) in [4.78, 5) is 13.8. The van der Waals surface area contributed by atoms with E-state index in [9.17, 15) is 4.79 Å². The van der Waals surface area contributed by atoms with Gasteiger partial charge in [-0.3, -0.25) is 4.79 Å². The predicted molar refractivity (Wildman–Crippen MR) is 88.6 cm³/mol. The summed E-state index contributed by atoms with van der Waals surface area (Å²) < 4.78 is 0. The van der Waals surface area contributed by atoms with E-state index in [0.29, 0.717) is 6.54 Å². The van der Waals surface area contributed by atoms with Gasteiger partial charge in [0.1, 0.15) is 0 Å². The summed E-state index contributed by atoms with van der Waals surface area (Å²) in [6.45, 7) is 2.68. The second-order valence-electron chi connectivity index (χ2n) is 5.03. The zero-order valence-electron chi connectivity index (χ0n) is 12.3. The lowest BCUT2D eigenvalue weighted by molar-refractivity contribution is 0.0934. The Hall–Kier alpha value is -1.65. The zero-order chi connectivity index (χ0) is 15.1. The van der Waals surface area contributed by atoms with Crippen LogP contribution >= 0.6 is 11.3 Å². The van der Waals surface area contributed by atoms with Crippen molar-refractivity contribution < 1.29 is 4.79 Å². The molecule has 1 aromatic carbocycles. The van der Waals surface area contributed by atoms with Gasteiger partial charge in [0.15, 0.2) is 0 Å². The van der Waals surface area contributed by atoms with Crippen LogP contribution in [0.2, 0.25) is 0 Å². The largest absolute Gasteiger partial charge is 0.344 e. The highest BCUT2D eigenvalue weighted by Gasteiger charge is 2.17. The van der Waals surface area contributed by atoms with Crippen molar-refractivity contribution >= 4 is 17.2 Å². The lowest BCUT2D eigenvalue weighted by Gasteiger charge is -2.18. The molecule has 2 aromatic rings. The third-order valence-electron chi connectivity index (χ3n) is 3.44. The van der Waals surface area contributed by atoms with Gasteiger partial charge in [0.2, 0.25) is 0 Å². The van der Waals surface area contributed by atoms with Crippen molar-refractivity contribution in [3.05, 3.63) is 57.8 Å². The summed E-state index contributed by atoms with van der Waals surface area (Å²) in [5, 5.41) is 5.21. The summed E-state index contributed by atoms with van der Waals surface area (Å²) in [5.74, 6) is -0.00843. The second kappa shape index (κ2) is 7.96. The number of thiophene rings is 1. The smallest absolute Gasteiger partial charge is 0.252 e. The third kappa shape index (κ3) is 4.16. The van der Waals surface area contributed by atoms with Crippen molar-refractivity contribution in [2.45, 2.75) is 32.2 Å². The number of carbonyl (C=O) groups excluding carboxylic acids is 1. The molecule has 1 heterocycles. The number of amides is 1. The Balaban J connectivity index is 2.15. The van der Waals surface area contributed by atoms with E-state index in [1.54, 1.807) is 11.3 Å². The SMILES string of the molecule is CCCC(NC(=O)c1ccccc1CCN)c1cccs1. The molecule has 0 aliphatic carbocycles. The monoisotopic (exact) mass is 302 g/mol. The first-order valence-corrected chi connectivity index (χ1v) is 8.26. The summed E-state index contributed by atoms with van der Waals surface area (Å²) in [7, 11) is 0. The normalized spacial score (nSPS) is 12.1. The number of hydrogen-bond acceptors (Lipinski definition) is 3. The van der Waals surface area contributed by atoms with Crippen molar-refractivity contribution in [1.29, 1.82) is 0 Å². The average molecular weight is 302 g/mol. The van der Waals surface area contributed by atoms with Gasteiger partial charge in [0, 0.05) is 10.4 Å². The van der Waals surface area contributed by atoms with Crippen LogP contribution in [0.25, 0.3) is 0 Å². The fourth-order valence-electron chi connectivity index (χ4n) is 2.42. The first kappa shape index (κ1) is 15.7. The van der Waals surface area contributed by atoms with Crippen LogP contribution in [-0.4, -0.2) is 12.5 Å². The molecule has 3 nitrogen and oxygen atoms in total. The molecule has 21 heavy (non-hydrogen) atoms. The van der Waals surface area contributed by atoms with Gasteiger partial charge in [-0.15, -0.1) is 11.3 Å². The third-order valence-corrected chi connectivity index (χ3v) is 4.43. The maximum absolute atomic E-state index is 12.6. The van der Waals surface area contributed by atoms with E-state index in [1.165, 1.54) is 4.88 Å². The highest BCUT2D eigenvalue weighted by atomic mass is 32.1. The van der Waals surface area contributed by atoms with Gasteiger partial charge in [-0.25, -0.2) is 0 Å². The van der Waals surface area contributed by atoms with Crippen molar-refractivity contribution in [2.75, 3.05) is 6.54 Å². The molecule has 1 amide bonds. The van der Waals surface area contributed by atoms with E-state index in [0.717, 1.165) is 30.4 Å². The number of nitrogens with one attached hydrogen (secondary N) is 1. The van der Waals surface area contributed by atoms with Gasteiger partial charge in [0.25, 0.3) is 5.91 Å². The van der Waals surface area contributed by atoms with Gasteiger partial charge < -0.3 is 11.1 Å². The first-order chi connectivity index (χ1) is 10.3. The predicted octanol–water partition coefficient (Wildman–Crippen LogP) is 3.52. The number of hydrogen-bond donors (Lipinski definition) is 2. The van der Waals surface area contributed by atoms with E-state index < -0.39 is 0 Å². The highest BCUT2D eigenvalue weighted by Crippen LogP contribution is 2.24. The molecule has 0 fully saturated rings. The molecule has 1 unspecified atom stereocenters. The molecule has 0 aliphatic rings. The fourth-order valence-corrected chi connectivity index (χ4v) is 3.23. The molecule has 0 saturated carbocycles. The number of rotatable bonds is 7. The first-order valence-electron chi connectivity index (χ1n) is 7.38. The number of carbonyl (C=O) groups is 1. The molecule has 3 N–H and O–H groups in total. The van der Waals surface area contributed by atoms with Gasteiger partial charge >= 0.3 is 0 Å². The summed E-state index contributed by atoms with van der Waals surface area (Å²) >= 11 is 1.69. The Labute approximate surface area is 130 Å². The van der Waals surface area contributed by atoms with E-state index >= 15 is 0 Å². The molecule has 0 bridgehead atoms. The van der Waals surface area contributed by atoms with Gasteiger partial charge in [0.05, 0.1) is 6.04 Å². The second-order valence-corrected chi connectivity index (χ2v) is 6.01. The average Bonchev–Trinajstić information content (AvgIpc) is 3.02. The Kier molecular flexibility index (Phi) is 5.96. The number of benzene rings is 1. The van der Waals surface area contributed by atoms with E-state index in [2.05, 4.69) is 18.3 Å². The maximum atomic E-state index is 12.6. The molecule has 0 aliphatic heterocycles.